The minimum atomic E-state index is -1.07. The second kappa shape index (κ2) is 11.6. The normalized spacial score (nSPS) is 12.9. The molecular weight excluding hydrogens is 350 g/mol. The molecule has 0 bridgehead atoms. The Kier molecular flexibility index (Phi) is 10.7. The lowest BCUT2D eigenvalue weighted by Crippen LogP contribution is -2.47. The van der Waals surface area contributed by atoms with Gasteiger partial charge in [0.05, 0.1) is 19.1 Å². The van der Waals surface area contributed by atoms with Crippen molar-refractivity contribution in [3.05, 3.63) is 0 Å². The quantitative estimate of drug-likeness (QED) is 0.342. The average Bonchev–Trinajstić information content (AvgIpc) is 2.51. The molecule has 0 rings (SSSR count). The number of hydrogen-bond acceptors (Lipinski definition) is 8. The van der Waals surface area contributed by atoms with Gasteiger partial charge in [-0.05, 0) is 20.8 Å². The van der Waals surface area contributed by atoms with E-state index in [9.17, 15) is 24.0 Å². The van der Waals surface area contributed by atoms with Crippen LogP contribution >= 0.6 is 11.8 Å². The summed E-state index contributed by atoms with van der Waals surface area (Å²) in [6.07, 6.45) is -0.936. The highest BCUT2D eigenvalue weighted by atomic mass is 32.2. The molecule has 0 saturated heterocycles. The first kappa shape index (κ1) is 23.1. The lowest BCUT2D eigenvalue weighted by atomic mass is 10.2. The summed E-state index contributed by atoms with van der Waals surface area (Å²) in [5, 5.41) is 1.23. The molecule has 8 nitrogen and oxygen atoms in total. The van der Waals surface area contributed by atoms with Crippen LogP contribution in [0.1, 0.15) is 47.5 Å². The molecule has 1 N–H and O–H groups in total. The van der Waals surface area contributed by atoms with Crippen molar-refractivity contribution in [3.63, 3.8) is 0 Å². The van der Waals surface area contributed by atoms with Gasteiger partial charge in [-0.1, -0.05) is 25.6 Å². The zero-order valence-corrected chi connectivity index (χ0v) is 15.9. The maximum absolute atomic E-state index is 12.0. The van der Waals surface area contributed by atoms with E-state index in [1.165, 1.54) is 0 Å². The van der Waals surface area contributed by atoms with Crippen molar-refractivity contribution in [2.45, 2.75) is 64.9 Å². The van der Waals surface area contributed by atoms with E-state index in [4.69, 9.17) is 9.47 Å². The van der Waals surface area contributed by atoms with Crippen LogP contribution in [0.25, 0.3) is 0 Å². The maximum Gasteiger partial charge on any atom is 0.375 e. The summed E-state index contributed by atoms with van der Waals surface area (Å²) in [6.45, 7) is 8.10. The fourth-order valence-corrected chi connectivity index (χ4v) is 2.62. The van der Waals surface area contributed by atoms with Gasteiger partial charge < -0.3 is 14.8 Å². The molecule has 0 heterocycles. The molecule has 0 saturated carbocycles. The van der Waals surface area contributed by atoms with Gasteiger partial charge in [0.15, 0.2) is 5.12 Å². The summed E-state index contributed by atoms with van der Waals surface area (Å²) in [4.78, 5) is 58.5. The molecule has 2 unspecified atom stereocenters. The molecule has 0 aliphatic heterocycles. The third kappa shape index (κ3) is 9.23. The molecule has 1 amide bonds. The molecule has 0 aromatic carbocycles. The van der Waals surface area contributed by atoms with Crippen LogP contribution in [0.4, 0.5) is 0 Å². The van der Waals surface area contributed by atoms with Gasteiger partial charge in [-0.15, -0.1) is 0 Å². The number of Topliss-reactive ketones (excluding diaryl/α,β-unsaturated/α-hetero) is 1. The number of nitrogens with one attached hydrogen (secondary N) is 1. The number of ketones is 1. The molecular formula is C16H25NO7S. The van der Waals surface area contributed by atoms with Crippen LogP contribution in [0, 0.1) is 0 Å². The molecule has 0 radical (unpaired) electrons. The Bertz CT molecular complexity index is 519. The number of thioether (sulfide) groups is 1. The summed E-state index contributed by atoms with van der Waals surface area (Å²) in [7, 11) is 0. The zero-order chi connectivity index (χ0) is 19.6. The monoisotopic (exact) mass is 375 g/mol. The summed E-state index contributed by atoms with van der Waals surface area (Å²) in [5.74, 6) is -3.06. The predicted octanol–water partition coefficient (Wildman–Crippen LogP) is 1.00. The first-order chi connectivity index (χ1) is 11.6. The van der Waals surface area contributed by atoms with Crippen molar-refractivity contribution in [3.8, 4) is 0 Å². The maximum atomic E-state index is 12.0. The van der Waals surface area contributed by atoms with Crippen molar-refractivity contribution in [1.82, 2.24) is 5.32 Å². The van der Waals surface area contributed by atoms with Crippen LogP contribution < -0.4 is 5.32 Å². The highest BCUT2D eigenvalue weighted by molar-refractivity contribution is 8.14. The standard InChI is InChI=1S/C16H25NO7S/c1-6-12(19)17-14(16(22)23-7-2)10(5)25-13(20)8-11(18)15(21)24-9(3)4/h9-10,14H,6-8H2,1-5H3,(H,17,19). The van der Waals surface area contributed by atoms with E-state index in [-0.39, 0.29) is 18.9 Å². The van der Waals surface area contributed by atoms with Gasteiger partial charge in [-0.25, -0.2) is 9.59 Å². The Labute approximate surface area is 151 Å². The number of ether oxygens (including phenoxy) is 2. The van der Waals surface area contributed by atoms with Gasteiger partial charge in [0.2, 0.25) is 11.7 Å². The largest absolute Gasteiger partial charge is 0.464 e. The number of esters is 2. The SMILES string of the molecule is CCOC(=O)C(NC(=O)CC)C(C)SC(=O)CC(=O)C(=O)OC(C)C. The molecule has 9 heteroatoms. The van der Waals surface area contributed by atoms with E-state index in [0.29, 0.717) is 11.8 Å². The first-order valence-corrected chi connectivity index (χ1v) is 8.89. The van der Waals surface area contributed by atoms with Crippen LogP contribution in [-0.2, 0) is 33.4 Å². The minimum absolute atomic E-state index is 0.127. The molecule has 2 atom stereocenters. The fourth-order valence-electron chi connectivity index (χ4n) is 1.68. The Morgan fingerprint density at radius 3 is 2.12 bits per heavy atom. The van der Waals surface area contributed by atoms with Gasteiger partial charge in [0.25, 0.3) is 0 Å². The predicted molar refractivity (Wildman–Crippen MR) is 91.8 cm³/mol. The lowest BCUT2D eigenvalue weighted by Gasteiger charge is -2.22. The molecule has 0 aromatic rings. The van der Waals surface area contributed by atoms with E-state index in [1.807, 2.05) is 0 Å². The van der Waals surface area contributed by atoms with Crippen LogP contribution in [0.3, 0.4) is 0 Å². The summed E-state index contributed by atoms with van der Waals surface area (Å²) in [6, 6.07) is -1.03. The molecule has 0 spiro atoms. The second-order valence-corrected chi connectivity index (χ2v) is 6.83. The molecule has 0 fully saturated rings. The Hall–Kier alpha value is -1.90. The molecule has 142 valence electrons. The van der Waals surface area contributed by atoms with Crippen molar-refractivity contribution < 1.29 is 33.4 Å². The molecule has 0 aliphatic rings. The van der Waals surface area contributed by atoms with Crippen molar-refractivity contribution >= 4 is 40.5 Å². The minimum Gasteiger partial charge on any atom is -0.464 e. The number of hydrogen-bond donors (Lipinski definition) is 1. The van der Waals surface area contributed by atoms with E-state index in [1.54, 1.807) is 34.6 Å². The van der Waals surface area contributed by atoms with Gasteiger partial charge in [-0.2, -0.15) is 0 Å². The summed E-state index contributed by atoms with van der Waals surface area (Å²) >= 11 is 0.696. The molecule has 0 aliphatic carbocycles. The first-order valence-electron chi connectivity index (χ1n) is 8.01. The van der Waals surface area contributed by atoms with Gasteiger partial charge in [0, 0.05) is 11.7 Å². The van der Waals surface area contributed by atoms with E-state index in [2.05, 4.69) is 5.32 Å². The van der Waals surface area contributed by atoms with Crippen LogP contribution in [0.5, 0.6) is 0 Å². The average molecular weight is 375 g/mol. The number of carbonyl (C=O) groups excluding carboxylic acids is 5. The smallest absolute Gasteiger partial charge is 0.375 e. The van der Waals surface area contributed by atoms with E-state index < -0.39 is 46.7 Å². The second-order valence-electron chi connectivity index (χ2n) is 5.40. The van der Waals surface area contributed by atoms with Crippen molar-refractivity contribution in [2.24, 2.45) is 0 Å². The van der Waals surface area contributed by atoms with Crippen LogP contribution in [0.15, 0.2) is 0 Å². The topological polar surface area (TPSA) is 116 Å². The van der Waals surface area contributed by atoms with Gasteiger partial charge in [-0.3, -0.25) is 14.4 Å². The molecule has 0 aromatic heterocycles. The van der Waals surface area contributed by atoms with E-state index >= 15 is 0 Å². The van der Waals surface area contributed by atoms with Crippen molar-refractivity contribution in [1.29, 1.82) is 0 Å². The lowest BCUT2D eigenvalue weighted by molar-refractivity contribution is -0.157. The number of carbonyl (C=O) groups is 5. The third-order valence-electron chi connectivity index (χ3n) is 2.84. The van der Waals surface area contributed by atoms with Gasteiger partial charge in [0.1, 0.15) is 6.04 Å². The zero-order valence-electron chi connectivity index (χ0n) is 15.1. The highest BCUT2D eigenvalue weighted by Crippen LogP contribution is 2.19. The summed E-state index contributed by atoms with van der Waals surface area (Å²) in [5.41, 5.74) is 0. The Morgan fingerprint density at radius 1 is 1.04 bits per heavy atom. The molecule has 25 heavy (non-hydrogen) atoms. The van der Waals surface area contributed by atoms with Gasteiger partial charge >= 0.3 is 11.9 Å². The highest BCUT2D eigenvalue weighted by Gasteiger charge is 2.31. The van der Waals surface area contributed by atoms with Crippen LogP contribution in [-0.4, -0.2) is 52.7 Å². The number of amides is 1. The third-order valence-corrected chi connectivity index (χ3v) is 3.89. The fraction of sp³-hybridized carbons (Fsp3) is 0.688. The Morgan fingerprint density at radius 2 is 1.64 bits per heavy atom. The summed E-state index contributed by atoms with van der Waals surface area (Å²) < 4.78 is 9.62. The Balaban J connectivity index is 4.80. The van der Waals surface area contributed by atoms with E-state index in [0.717, 1.165) is 0 Å². The van der Waals surface area contributed by atoms with Crippen molar-refractivity contribution in [2.75, 3.05) is 6.61 Å². The van der Waals surface area contributed by atoms with Crippen LogP contribution in [0.2, 0.25) is 0 Å². The number of rotatable bonds is 10.